The molecule has 1 atom stereocenters. The number of carbonyl (C=O) groups is 1. The number of aromatic nitrogens is 2. The summed E-state index contributed by atoms with van der Waals surface area (Å²) in [6.07, 6.45) is 3.81. The lowest BCUT2D eigenvalue weighted by molar-refractivity contribution is 0.0274. The zero-order valence-corrected chi connectivity index (χ0v) is 12.4. The van der Waals surface area contributed by atoms with Crippen molar-refractivity contribution in [2.24, 2.45) is 0 Å². The van der Waals surface area contributed by atoms with Crippen LogP contribution in [0.25, 0.3) is 0 Å². The first-order valence-corrected chi connectivity index (χ1v) is 6.77. The third-order valence-corrected chi connectivity index (χ3v) is 2.83. The Kier molecular flexibility index (Phi) is 4.11. The molecule has 110 valence electrons. The van der Waals surface area contributed by atoms with Gasteiger partial charge in [0.25, 0.3) is 0 Å². The molecule has 1 fully saturated rings. The van der Waals surface area contributed by atoms with E-state index in [0.29, 0.717) is 19.1 Å². The molecule has 1 saturated heterocycles. The maximum atomic E-state index is 11.9. The van der Waals surface area contributed by atoms with Crippen LogP contribution in [0.3, 0.4) is 0 Å². The number of hydrogen-bond donors (Lipinski definition) is 0. The lowest BCUT2D eigenvalue weighted by Gasteiger charge is -2.24. The minimum Gasteiger partial charge on any atom is -0.458 e. The molecule has 0 aromatic carbocycles. The molecule has 1 aromatic heterocycles. The van der Waals surface area contributed by atoms with Crippen LogP contribution < -0.4 is 4.74 Å². The highest BCUT2D eigenvalue weighted by atomic mass is 16.6. The summed E-state index contributed by atoms with van der Waals surface area (Å²) < 4.78 is 11.0. The summed E-state index contributed by atoms with van der Waals surface area (Å²) in [5, 5.41) is 0. The third-order valence-electron chi connectivity index (χ3n) is 2.83. The van der Waals surface area contributed by atoms with Crippen molar-refractivity contribution in [2.45, 2.75) is 45.8 Å². The van der Waals surface area contributed by atoms with E-state index in [1.54, 1.807) is 17.3 Å². The van der Waals surface area contributed by atoms with Gasteiger partial charge in [-0.1, -0.05) is 0 Å². The van der Waals surface area contributed by atoms with Gasteiger partial charge in [-0.15, -0.1) is 0 Å². The largest absolute Gasteiger partial charge is 0.458 e. The smallest absolute Gasteiger partial charge is 0.410 e. The molecule has 0 spiro atoms. The molecule has 2 rings (SSSR count). The maximum absolute atomic E-state index is 11.9. The van der Waals surface area contributed by atoms with E-state index in [0.717, 1.165) is 12.0 Å². The van der Waals surface area contributed by atoms with Crippen molar-refractivity contribution in [3.63, 3.8) is 0 Å². The standard InChI is InChI=1S/C14H21N3O3/c1-10-7-15-12(16-8-10)19-11-5-6-17(9-11)13(18)20-14(2,3)4/h7-8,11H,5-6,9H2,1-4H3. The fraction of sp³-hybridized carbons (Fsp3) is 0.643. The van der Waals surface area contributed by atoms with E-state index in [1.807, 2.05) is 27.7 Å². The molecule has 0 radical (unpaired) electrons. The van der Waals surface area contributed by atoms with E-state index < -0.39 is 5.60 Å². The molecule has 0 saturated carbocycles. The minimum absolute atomic E-state index is 0.0785. The zero-order chi connectivity index (χ0) is 14.8. The molecule has 1 aromatic rings. The van der Waals surface area contributed by atoms with Crippen molar-refractivity contribution in [3.8, 4) is 6.01 Å². The Hall–Kier alpha value is -1.85. The SMILES string of the molecule is Cc1cnc(OC2CCN(C(=O)OC(C)(C)C)C2)nc1. The van der Waals surface area contributed by atoms with Crippen LogP contribution >= 0.6 is 0 Å². The topological polar surface area (TPSA) is 64.5 Å². The fourth-order valence-electron chi connectivity index (χ4n) is 1.91. The first-order chi connectivity index (χ1) is 9.33. The number of hydrogen-bond acceptors (Lipinski definition) is 5. The summed E-state index contributed by atoms with van der Waals surface area (Å²) in [5.41, 5.74) is 0.509. The Morgan fingerprint density at radius 2 is 2.00 bits per heavy atom. The second-order valence-corrected chi connectivity index (χ2v) is 6.00. The van der Waals surface area contributed by atoms with Crippen molar-refractivity contribution < 1.29 is 14.3 Å². The van der Waals surface area contributed by atoms with Gasteiger partial charge in [-0.05, 0) is 33.3 Å². The molecular formula is C14H21N3O3. The summed E-state index contributed by atoms with van der Waals surface area (Å²) in [6.45, 7) is 8.63. The number of amides is 1. The van der Waals surface area contributed by atoms with E-state index in [-0.39, 0.29) is 12.2 Å². The van der Waals surface area contributed by atoms with Gasteiger partial charge >= 0.3 is 12.1 Å². The average Bonchev–Trinajstić information content (AvgIpc) is 2.79. The minimum atomic E-state index is -0.476. The van der Waals surface area contributed by atoms with E-state index in [9.17, 15) is 4.79 Å². The van der Waals surface area contributed by atoms with Gasteiger partial charge in [-0.2, -0.15) is 0 Å². The van der Waals surface area contributed by atoms with E-state index in [1.165, 1.54) is 0 Å². The lowest BCUT2D eigenvalue weighted by atomic mass is 10.2. The van der Waals surface area contributed by atoms with Gasteiger partial charge in [0.05, 0.1) is 6.54 Å². The molecule has 1 unspecified atom stereocenters. The first-order valence-electron chi connectivity index (χ1n) is 6.77. The quantitative estimate of drug-likeness (QED) is 0.830. The number of rotatable bonds is 2. The predicted octanol–water partition coefficient (Wildman–Crippen LogP) is 2.17. The Morgan fingerprint density at radius 3 is 2.60 bits per heavy atom. The van der Waals surface area contributed by atoms with Crippen LogP contribution in [0, 0.1) is 6.92 Å². The third kappa shape index (κ3) is 4.08. The monoisotopic (exact) mass is 279 g/mol. The number of carbonyl (C=O) groups excluding carboxylic acids is 1. The van der Waals surface area contributed by atoms with Crippen LogP contribution in [0.15, 0.2) is 12.4 Å². The molecule has 6 nitrogen and oxygen atoms in total. The van der Waals surface area contributed by atoms with Gasteiger partial charge in [0.1, 0.15) is 11.7 Å². The molecule has 20 heavy (non-hydrogen) atoms. The Morgan fingerprint density at radius 1 is 1.35 bits per heavy atom. The summed E-state index contributed by atoms with van der Waals surface area (Å²) in [4.78, 5) is 21.8. The summed E-state index contributed by atoms with van der Waals surface area (Å²) >= 11 is 0. The molecule has 6 heteroatoms. The van der Waals surface area contributed by atoms with Crippen LogP contribution in [0.1, 0.15) is 32.8 Å². The van der Waals surface area contributed by atoms with Gasteiger partial charge in [0.2, 0.25) is 0 Å². The number of likely N-dealkylation sites (tertiary alicyclic amines) is 1. The molecule has 1 aliphatic rings. The molecule has 1 amide bonds. The summed E-state index contributed by atoms with van der Waals surface area (Å²) in [5.74, 6) is 0. The van der Waals surface area contributed by atoms with Crippen molar-refractivity contribution in [1.82, 2.24) is 14.9 Å². The lowest BCUT2D eigenvalue weighted by Crippen LogP contribution is -2.36. The second kappa shape index (κ2) is 5.64. The van der Waals surface area contributed by atoms with Gasteiger partial charge in [0.15, 0.2) is 0 Å². The van der Waals surface area contributed by atoms with Crippen LogP contribution in [-0.2, 0) is 4.74 Å². The van der Waals surface area contributed by atoms with Crippen LogP contribution in [0.2, 0.25) is 0 Å². The number of nitrogens with zero attached hydrogens (tertiary/aromatic N) is 3. The van der Waals surface area contributed by atoms with Crippen molar-refractivity contribution in [3.05, 3.63) is 18.0 Å². The van der Waals surface area contributed by atoms with Gasteiger partial charge < -0.3 is 14.4 Å². The molecule has 0 aliphatic carbocycles. The average molecular weight is 279 g/mol. The van der Waals surface area contributed by atoms with Crippen molar-refractivity contribution in [1.29, 1.82) is 0 Å². The van der Waals surface area contributed by atoms with E-state index in [4.69, 9.17) is 9.47 Å². The Balaban J connectivity index is 1.86. The second-order valence-electron chi connectivity index (χ2n) is 6.00. The van der Waals surface area contributed by atoms with Gasteiger partial charge in [0, 0.05) is 25.4 Å². The highest BCUT2D eigenvalue weighted by Crippen LogP contribution is 2.18. The van der Waals surface area contributed by atoms with Crippen molar-refractivity contribution >= 4 is 6.09 Å². The Labute approximate surface area is 119 Å². The highest BCUT2D eigenvalue weighted by molar-refractivity contribution is 5.68. The number of aryl methyl sites for hydroxylation is 1. The first kappa shape index (κ1) is 14.6. The highest BCUT2D eigenvalue weighted by Gasteiger charge is 2.31. The molecular weight excluding hydrogens is 258 g/mol. The van der Waals surface area contributed by atoms with Crippen LogP contribution in [-0.4, -0.2) is 45.8 Å². The van der Waals surface area contributed by atoms with E-state index >= 15 is 0 Å². The summed E-state index contributed by atoms with van der Waals surface area (Å²) in [7, 11) is 0. The molecule has 0 N–H and O–H groups in total. The van der Waals surface area contributed by atoms with Gasteiger partial charge in [-0.3, -0.25) is 0 Å². The van der Waals surface area contributed by atoms with Crippen LogP contribution in [0.4, 0.5) is 4.79 Å². The van der Waals surface area contributed by atoms with Crippen molar-refractivity contribution in [2.75, 3.05) is 13.1 Å². The molecule has 0 bridgehead atoms. The predicted molar refractivity (Wildman–Crippen MR) is 73.6 cm³/mol. The molecule has 2 heterocycles. The summed E-state index contributed by atoms with van der Waals surface area (Å²) in [6, 6.07) is 0.353. The van der Waals surface area contributed by atoms with Crippen LogP contribution in [0.5, 0.6) is 6.01 Å². The Bertz CT molecular complexity index is 468. The normalized spacial score (nSPS) is 19.0. The zero-order valence-electron chi connectivity index (χ0n) is 12.4. The maximum Gasteiger partial charge on any atom is 0.410 e. The molecule has 1 aliphatic heterocycles. The number of ether oxygens (including phenoxy) is 2. The van der Waals surface area contributed by atoms with Gasteiger partial charge in [-0.25, -0.2) is 14.8 Å². The fourth-order valence-corrected chi connectivity index (χ4v) is 1.91. The van der Waals surface area contributed by atoms with E-state index in [2.05, 4.69) is 9.97 Å².